The summed E-state index contributed by atoms with van der Waals surface area (Å²) >= 11 is 0. The van der Waals surface area contributed by atoms with Crippen LogP contribution in [0.2, 0.25) is 0 Å². The summed E-state index contributed by atoms with van der Waals surface area (Å²) in [6, 6.07) is 5.97. The number of halogens is 1. The van der Waals surface area contributed by atoms with Gasteiger partial charge < -0.3 is 10.5 Å². The molecule has 0 aliphatic rings. The van der Waals surface area contributed by atoms with E-state index in [1.807, 2.05) is 25.1 Å². The van der Waals surface area contributed by atoms with Gasteiger partial charge in [0.05, 0.1) is 0 Å². The highest BCUT2D eigenvalue weighted by atomic mass is 35.5. The van der Waals surface area contributed by atoms with Crippen LogP contribution in [-0.2, 0) is 4.79 Å². The fraction of sp³-hybridized carbons (Fsp3) is 0.500. The molecule has 0 saturated heterocycles. The Balaban J connectivity index is 0.00000289. The van der Waals surface area contributed by atoms with Gasteiger partial charge in [-0.05, 0) is 43.0 Å². The molecule has 4 heteroatoms. The van der Waals surface area contributed by atoms with Crippen molar-refractivity contribution in [2.45, 2.75) is 39.5 Å². The van der Waals surface area contributed by atoms with Crippen LogP contribution < -0.4 is 10.5 Å². The van der Waals surface area contributed by atoms with Gasteiger partial charge in [-0.3, -0.25) is 4.79 Å². The van der Waals surface area contributed by atoms with Crippen molar-refractivity contribution in [3.63, 3.8) is 0 Å². The predicted molar refractivity (Wildman–Crippen MR) is 76.4 cm³/mol. The van der Waals surface area contributed by atoms with Gasteiger partial charge in [0.2, 0.25) is 0 Å². The number of hydrogen-bond acceptors (Lipinski definition) is 3. The number of aryl methyl sites for hydroxylation is 1. The molecule has 0 fully saturated rings. The fourth-order valence-corrected chi connectivity index (χ4v) is 1.63. The second kappa shape index (κ2) is 8.11. The summed E-state index contributed by atoms with van der Waals surface area (Å²) in [4.78, 5) is 11.6. The Hall–Kier alpha value is -1.06. The van der Waals surface area contributed by atoms with Gasteiger partial charge in [0.25, 0.3) is 0 Å². The van der Waals surface area contributed by atoms with Crippen molar-refractivity contribution in [1.82, 2.24) is 0 Å². The first-order valence-electron chi connectivity index (χ1n) is 6.06. The second-order valence-corrected chi connectivity index (χ2v) is 4.56. The van der Waals surface area contributed by atoms with Crippen LogP contribution in [0.1, 0.15) is 43.7 Å². The van der Waals surface area contributed by atoms with Gasteiger partial charge in [-0.1, -0.05) is 26.0 Å². The van der Waals surface area contributed by atoms with Gasteiger partial charge in [0, 0.05) is 6.42 Å². The fourth-order valence-electron chi connectivity index (χ4n) is 1.63. The van der Waals surface area contributed by atoms with Gasteiger partial charge in [0.1, 0.15) is 5.75 Å². The molecule has 0 aromatic heterocycles. The molecule has 1 aromatic rings. The summed E-state index contributed by atoms with van der Waals surface area (Å²) in [5, 5.41) is 0. The Bertz CT molecular complexity index is 391. The largest absolute Gasteiger partial charge is 0.426 e. The molecule has 0 aliphatic carbocycles. The summed E-state index contributed by atoms with van der Waals surface area (Å²) in [7, 11) is 0. The molecule has 1 aromatic carbocycles. The molecule has 0 amide bonds. The Morgan fingerprint density at radius 3 is 2.61 bits per heavy atom. The number of nitrogens with two attached hydrogens (primary N) is 1. The topological polar surface area (TPSA) is 52.3 Å². The quantitative estimate of drug-likeness (QED) is 0.661. The first-order valence-corrected chi connectivity index (χ1v) is 6.06. The van der Waals surface area contributed by atoms with Crippen LogP contribution in [0.15, 0.2) is 18.2 Å². The van der Waals surface area contributed by atoms with Gasteiger partial charge in [0.15, 0.2) is 0 Å². The third-order valence-corrected chi connectivity index (χ3v) is 2.60. The lowest BCUT2D eigenvalue weighted by atomic mass is 10.0. The van der Waals surface area contributed by atoms with E-state index in [0.29, 0.717) is 31.1 Å². The highest BCUT2D eigenvalue weighted by molar-refractivity contribution is 5.85. The van der Waals surface area contributed by atoms with Gasteiger partial charge in [-0.15, -0.1) is 12.4 Å². The summed E-state index contributed by atoms with van der Waals surface area (Å²) in [5.41, 5.74) is 7.52. The summed E-state index contributed by atoms with van der Waals surface area (Å²) in [6.07, 6.45) is 1.05. The van der Waals surface area contributed by atoms with E-state index in [4.69, 9.17) is 10.5 Å². The molecule has 2 N–H and O–H groups in total. The zero-order valence-electron chi connectivity index (χ0n) is 11.2. The van der Waals surface area contributed by atoms with E-state index in [9.17, 15) is 4.79 Å². The molecule has 0 bridgehead atoms. The van der Waals surface area contributed by atoms with Crippen LogP contribution in [-0.4, -0.2) is 12.5 Å². The highest BCUT2D eigenvalue weighted by Gasteiger charge is 2.11. The predicted octanol–water partition coefficient (Wildman–Crippen LogP) is 3.18. The molecule has 0 heterocycles. The van der Waals surface area contributed by atoms with Crippen LogP contribution >= 0.6 is 12.4 Å². The Morgan fingerprint density at radius 2 is 2.06 bits per heavy atom. The molecule has 1 rings (SSSR count). The number of carbonyl (C=O) groups excluding carboxylic acids is 1. The van der Waals surface area contributed by atoms with Crippen molar-refractivity contribution in [2.75, 3.05) is 6.54 Å². The normalized spacial score (nSPS) is 10.1. The van der Waals surface area contributed by atoms with Crippen molar-refractivity contribution >= 4 is 18.4 Å². The van der Waals surface area contributed by atoms with Gasteiger partial charge in [-0.25, -0.2) is 0 Å². The maximum Gasteiger partial charge on any atom is 0.311 e. The van der Waals surface area contributed by atoms with E-state index in [2.05, 4.69) is 13.8 Å². The zero-order valence-corrected chi connectivity index (χ0v) is 12.0. The van der Waals surface area contributed by atoms with Crippen LogP contribution in [0.3, 0.4) is 0 Å². The molecule has 102 valence electrons. The summed E-state index contributed by atoms with van der Waals surface area (Å²) < 4.78 is 5.40. The smallest absolute Gasteiger partial charge is 0.311 e. The molecule has 0 saturated carbocycles. The molecular weight excluding hydrogens is 250 g/mol. The maximum absolute atomic E-state index is 11.6. The molecule has 18 heavy (non-hydrogen) atoms. The number of carbonyl (C=O) groups is 1. The first kappa shape index (κ1) is 16.9. The van der Waals surface area contributed by atoms with E-state index >= 15 is 0 Å². The molecule has 0 atom stereocenters. The molecule has 0 aliphatic heterocycles. The number of benzene rings is 1. The molecule has 0 spiro atoms. The minimum absolute atomic E-state index is 0. The molecule has 0 unspecified atom stereocenters. The standard InChI is InChI=1S/C14H21NO2.ClH/c1-10(2)12-7-6-11(3)9-13(12)17-14(16)5-4-8-15;/h6-7,9-10H,4-5,8,15H2,1-3H3;1H. The third-order valence-electron chi connectivity index (χ3n) is 2.60. The average Bonchev–Trinajstić information content (AvgIpc) is 2.26. The molecule has 0 radical (unpaired) electrons. The van der Waals surface area contributed by atoms with E-state index in [-0.39, 0.29) is 18.4 Å². The lowest BCUT2D eigenvalue weighted by Gasteiger charge is -2.13. The van der Waals surface area contributed by atoms with Gasteiger partial charge in [-0.2, -0.15) is 0 Å². The summed E-state index contributed by atoms with van der Waals surface area (Å²) in [6.45, 7) is 6.67. The van der Waals surface area contributed by atoms with E-state index in [1.165, 1.54) is 0 Å². The van der Waals surface area contributed by atoms with Crippen LogP contribution in [0.25, 0.3) is 0 Å². The lowest BCUT2D eigenvalue weighted by molar-refractivity contribution is -0.134. The van der Waals surface area contributed by atoms with Crippen LogP contribution in [0.4, 0.5) is 0 Å². The van der Waals surface area contributed by atoms with Crippen LogP contribution in [0, 0.1) is 6.92 Å². The minimum atomic E-state index is -0.206. The van der Waals surface area contributed by atoms with Crippen molar-refractivity contribution in [3.8, 4) is 5.75 Å². The molecular formula is C14H22ClNO2. The van der Waals surface area contributed by atoms with Crippen molar-refractivity contribution in [2.24, 2.45) is 5.73 Å². The van der Waals surface area contributed by atoms with Crippen molar-refractivity contribution in [3.05, 3.63) is 29.3 Å². The van der Waals surface area contributed by atoms with E-state index in [1.54, 1.807) is 0 Å². The Kier molecular flexibility index (Phi) is 7.64. The number of esters is 1. The number of ether oxygens (including phenoxy) is 1. The maximum atomic E-state index is 11.6. The van der Waals surface area contributed by atoms with Crippen molar-refractivity contribution < 1.29 is 9.53 Å². The molecule has 3 nitrogen and oxygen atoms in total. The number of rotatable bonds is 5. The lowest BCUT2D eigenvalue weighted by Crippen LogP contribution is -2.12. The first-order chi connectivity index (χ1) is 8.04. The number of hydrogen-bond donors (Lipinski definition) is 1. The highest BCUT2D eigenvalue weighted by Crippen LogP contribution is 2.27. The van der Waals surface area contributed by atoms with Crippen molar-refractivity contribution in [1.29, 1.82) is 0 Å². The summed E-state index contributed by atoms with van der Waals surface area (Å²) in [5.74, 6) is 0.817. The van der Waals surface area contributed by atoms with Gasteiger partial charge >= 0.3 is 5.97 Å². The second-order valence-electron chi connectivity index (χ2n) is 4.56. The Labute approximate surface area is 115 Å². The van der Waals surface area contributed by atoms with E-state index < -0.39 is 0 Å². The zero-order chi connectivity index (χ0) is 12.8. The average molecular weight is 272 g/mol. The van der Waals surface area contributed by atoms with Crippen LogP contribution in [0.5, 0.6) is 5.75 Å². The Morgan fingerprint density at radius 1 is 1.39 bits per heavy atom. The minimum Gasteiger partial charge on any atom is -0.426 e. The third kappa shape index (κ3) is 5.07. The SMILES string of the molecule is Cc1ccc(C(C)C)c(OC(=O)CCCN)c1.Cl. The van der Waals surface area contributed by atoms with E-state index in [0.717, 1.165) is 11.1 Å². The monoisotopic (exact) mass is 271 g/mol.